The molecule has 3 aromatic carbocycles. The Morgan fingerprint density at radius 3 is 2.13 bits per heavy atom. The molecule has 0 aliphatic heterocycles. The summed E-state index contributed by atoms with van der Waals surface area (Å²) in [6, 6.07) is 21.4. The monoisotopic (exact) mass is 418 g/mol. The molecule has 1 amide bonds. The molecule has 7 nitrogen and oxygen atoms in total. The number of nitrogens with two attached hydrogens (primary N) is 1. The van der Waals surface area contributed by atoms with Crippen molar-refractivity contribution in [3.63, 3.8) is 0 Å². The van der Waals surface area contributed by atoms with E-state index in [0.717, 1.165) is 5.56 Å². The highest BCUT2D eigenvalue weighted by molar-refractivity contribution is 5.95. The number of hydrogen-bond donors (Lipinski definition) is 4. The molecule has 0 spiro atoms. The number of amides is 1. The molecule has 5 N–H and O–H groups in total. The van der Waals surface area contributed by atoms with Crippen LogP contribution in [0.3, 0.4) is 0 Å². The standard InChI is InChI=1S/C24H26N4O3/c1-30-20-12-18(13-21(14-20)31-2)22(24(29)27-15-16-6-4-3-5-7-16)28-19-10-8-17(9-11-19)23(25)26/h3-14,22,28H,15H2,1-2H3,(H3,25,26)(H,27,29). The smallest absolute Gasteiger partial charge is 0.247 e. The Bertz CT molecular complexity index is 1010. The first-order chi connectivity index (χ1) is 15.0. The third kappa shape index (κ3) is 5.76. The van der Waals surface area contributed by atoms with Crippen molar-refractivity contribution in [2.24, 2.45) is 5.73 Å². The summed E-state index contributed by atoms with van der Waals surface area (Å²) in [5.41, 5.74) is 8.55. The van der Waals surface area contributed by atoms with Gasteiger partial charge in [-0.25, -0.2) is 0 Å². The minimum Gasteiger partial charge on any atom is -0.497 e. The maximum atomic E-state index is 13.2. The Morgan fingerprint density at radius 1 is 0.968 bits per heavy atom. The van der Waals surface area contributed by atoms with Crippen molar-refractivity contribution in [1.29, 1.82) is 5.41 Å². The van der Waals surface area contributed by atoms with Gasteiger partial charge < -0.3 is 25.8 Å². The van der Waals surface area contributed by atoms with Gasteiger partial charge in [0.1, 0.15) is 23.4 Å². The van der Waals surface area contributed by atoms with Crippen LogP contribution in [0.5, 0.6) is 11.5 Å². The number of carbonyl (C=O) groups excluding carboxylic acids is 1. The number of carbonyl (C=O) groups is 1. The minimum atomic E-state index is -0.698. The fraction of sp³-hybridized carbons (Fsp3) is 0.167. The zero-order valence-electron chi connectivity index (χ0n) is 17.5. The Kier molecular flexibility index (Phi) is 7.11. The van der Waals surface area contributed by atoms with Crippen LogP contribution in [0, 0.1) is 5.41 Å². The normalized spacial score (nSPS) is 11.3. The molecule has 0 bridgehead atoms. The lowest BCUT2D eigenvalue weighted by Crippen LogP contribution is -2.33. The van der Waals surface area contributed by atoms with Crippen molar-refractivity contribution >= 4 is 17.4 Å². The summed E-state index contributed by atoms with van der Waals surface area (Å²) in [7, 11) is 3.13. The number of nitrogen functional groups attached to an aromatic ring is 1. The van der Waals surface area contributed by atoms with Gasteiger partial charge in [0.05, 0.1) is 14.2 Å². The van der Waals surface area contributed by atoms with E-state index < -0.39 is 6.04 Å². The molecule has 160 valence electrons. The van der Waals surface area contributed by atoms with Crippen molar-refractivity contribution in [2.45, 2.75) is 12.6 Å². The molecular formula is C24H26N4O3. The molecular weight excluding hydrogens is 392 g/mol. The number of hydrogen-bond acceptors (Lipinski definition) is 5. The second-order valence-electron chi connectivity index (χ2n) is 6.92. The van der Waals surface area contributed by atoms with E-state index in [0.29, 0.717) is 34.9 Å². The van der Waals surface area contributed by atoms with Crippen LogP contribution >= 0.6 is 0 Å². The summed E-state index contributed by atoms with van der Waals surface area (Å²) in [4.78, 5) is 13.2. The first kappa shape index (κ1) is 21.7. The van der Waals surface area contributed by atoms with Crippen LogP contribution in [0.4, 0.5) is 5.69 Å². The van der Waals surface area contributed by atoms with Gasteiger partial charge in [0, 0.05) is 23.9 Å². The summed E-state index contributed by atoms with van der Waals surface area (Å²) in [6.07, 6.45) is 0. The Balaban J connectivity index is 1.89. The fourth-order valence-electron chi connectivity index (χ4n) is 3.10. The predicted molar refractivity (Wildman–Crippen MR) is 122 cm³/mol. The summed E-state index contributed by atoms with van der Waals surface area (Å²) in [6.45, 7) is 0.405. The molecule has 0 fully saturated rings. The lowest BCUT2D eigenvalue weighted by atomic mass is 10.0. The maximum absolute atomic E-state index is 13.2. The van der Waals surface area contributed by atoms with Gasteiger partial charge in [0.25, 0.3) is 0 Å². The van der Waals surface area contributed by atoms with Gasteiger partial charge in [0.15, 0.2) is 0 Å². The van der Waals surface area contributed by atoms with Crippen molar-refractivity contribution in [2.75, 3.05) is 19.5 Å². The van der Waals surface area contributed by atoms with Crippen LogP contribution in [0.25, 0.3) is 0 Å². The lowest BCUT2D eigenvalue weighted by Gasteiger charge is -2.21. The average Bonchev–Trinajstić information content (AvgIpc) is 2.81. The van der Waals surface area contributed by atoms with Crippen molar-refractivity contribution < 1.29 is 14.3 Å². The van der Waals surface area contributed by atoms with E-state index in [1.165, 1.54) is 0 Å². The van der Waals surface area contributed by atoms with Gasteiger partial charge in [-0.3, -0.25) is 10.2 Å². The van der Waals surface area contributed by atoms with Crippen LogP contribution in [0.1, 0.15) is 22.7 Å². The predicted octanol–water partition coefficient (Wildman–Crippen LogP) is 3.46. The van der Waals surface area contributed by atoms with Crippen LogP contribution in [-0.4, -0.2) is 26.0 Å². The highest BCUT2D eigenvalue weighted by atomic mass is 16.5. The molecule has 0 aromatic heterocycles. The second-order valence-corrected chi connectivity index (χ2v) is 6.92. The fourth-order valence-corrected chi connectivity index (χ4v) is 3.10. The molecule has 31 heavy (non-hydrogen) atoms. The third-order valence-electron chi connectivity index (χ3n) is 4.79. The molecule has 3 rings (SSSR count). The first-order valence-electron chi connectivity index (χ1n) is 9.75. The molecule has 0 aliphatic carbocycles. The van der Waals surface area contributed by atoms with Crippen LogP contribution in [-0.2, 0) is 11.3 Å². The average molecular weight is 418 g/mol. The molecule has 1 atom stereocenters. The topological polar surface area (TPSA) is 109 Å². The highest BCUT2D eigenvalue weighted by Crippen LogP contribution is 2.29. The van der Waals surface area contributed by atoms with E-state index in [1.807, 2.05) is 30.3 Å². The van der Waals surface area contributed by atoms with Crippen molar-refractivity contribution in [3.8, 4) is 11.5 Å². The van der Waals surface area contributed by atoms with E-state index >= 15 is 0 Å². The second kappa shape index (κ2) is 10.2. The van der Waals surface area contributed by atoms with E-state index in [-0.39, 0.29) is 11.7 Å². The number of nitrogens with one attached hydrogen (secondary N) is 3. The Labute approximate surface area is 181 Å². The van der Waals surface area contributed by atoms with Gasteiger partial charge in [-0.15, -0.1) is 0 Å². The van der Waals surface area contributed by atoms with E-state index in [2.05, 4.69) is 10.6 Å². The van der Waals surface area contributed by atoms with Gasteiger partial charge in [0.2, 0.25) is 5.91 Å². The lowest BCUT2D eigenvalue weighted by molar-refractivity contribution is -0.122. The SMILES string of the molecule is COc1cc(OC)cc(C(Nc2ccc(C(=N)N)cc2)C(=O)NCc2ccccc2)c1. The zero-order valence-corrected chi connectivity index (χ0v) is 17.5. The maximum Gasteiger partial charge on any atom is 0.247 e. The third-order valence-corrected chi connectivity index (χ3v) is 4.79. The van der Waals surface area contributed by atoms with Gasteiger partial charge in [-0.1, -0.05) is 30.3 Å². The van der Waals surface area contributed by atoms with Crippen LogP contribution in [0.2, 0.25) is 0 Å². The Morgan fingerprint density at radius 2 is 1.58 bits per heavy atom. The number of benzene rings is 3. The van der Waals surface area contributed by atoms with E-state index in [9.17, 15) is 4.79 Å². The number of rotatable bonds is 9. The molecule has 0 saturated heterocycles. The number of anilines is 1. The molecule has 0 heterocycles. The van der Waals surface area contributed by atoms with Crippen molar-refractivity contribution in [1.82, 2.24) is 5.32 Å². The summed E-state index contributed by atoms with van der Waals surface area (Å²) in [5, 5.41) is 13.8. The number of methoxy groups -OCH3 is 2. The largest absolute Gasteiger partial charge is 0.497 e. The van der Waals surface area contributed by atoms with Crippen LogP contribution in [0.15, 0.2) is 72.8 Å². The number of ether oxygens (including phenoxy) is 2. The summed E-state index contributed by atoms with van der Waals surface area (Å²) in [5.74, 6) is 0.962. The molecule has 7 heteroatoms. The van der Waals surface area contributed by atoms with E-state index in [4.69, 9.17) is 20.6 Å². The van der Waals surface area contributed by atoms with Gasteiger partial charge in [-0.2, -0.15) is 0 Å². The first-order valence-corrected chi connectivity index (χ1v) is 9.75. The quantitative estimate of drug-likeness (QED) is 0.314. The highest BCUT2D eigenvalue weighted by Gasteiger charge is 2.22. The Hall–Kier alpha value is -4.00. The molecule has 1 unspecified atom stereocenters. The molecule has 0 aliphatic rings. The zero-order chi connectivity index (χ0) is 22.2. The van der Waals surface area contributed by atoms with E-state index in [1.54, 1.807) is 56.7 Å². The minimum absolute atomic E-state index is 0.0127. The van der Waals surface area contributed by atoms with Crippen molar-refractivity contribution in [3.05, 3.63) is 89.5 Å². The summed E-state index contributed by atoms with van der Waals surface area (Å²) < 4.78 is 10.7. The molecule has 0 radical (unpaired) electrons. The van der Waals surface area contributed by atoms with Gasteiger partial charge >= 0.3 is 0 Å². The summed E-state index contributed by atoms with van der Waals surface area (Å²) >= 11 is 0. The van der Waals surface area contributed by atoms with Gasteiger partial charge in [-0.05, 0) is 47.5 Å². The number of amidine groups is 1. The molecule has 0 saturated carbocycles. The van der Waals surface area contributed by atoms with Crippen LogP contribution < -0.4 is 25.8 Å². The molecule has 3 aromatic rings.